The van der Waals surface area contributed by atoms with E-state index >= 15 is 0 Å². The Hall–Kier alpha value is -2.65. The van der Waals surface area contributed by atoms with Crippen molar-refractivity contribution in [3.8, 4) is 22.8 Å². The van der Waals surface area contributed by atoms with E-state index in [1.807, 2.05) is 24.3 Å². The molecule has 34 heavy (non-hydrogen) atoms. The number of phenols is 1. The van der Waals surface area contributed by atoms with Crippen LogP contribution in [0.2, 0.25) is 10.0 Å². The van der Waals surface area contributed by atoms with Crippen LogP contribution in [0, 0.1) is 0 Å². The first-order chi connectivity index (χ1) is 16.3. The highest BCUT2D eigenvalue weighted by molar-refractivity contribution is 9.11. The van der Waals surface area contributed by atoms with Gasteiger partial charge in [-0.1, -0.05) is 45.2 Å². The lowest BCUT2D eigenvalue weighted by Crippen LogP contribution is -1.91. The molecule has 0 bridgehead atoms. The molecule has 0 aliphatic carbocycles. The van der Waals surface area contributed by atoms with Crippen LogP contribution in [0.25, 0.3) is 11.3 Å². The Labute approximate surface area is 222 Å². The first-order valence-electron chi connectivity index (χ1n) is 9.79. The Morgan fingerprint density at radius 2 is 1.76 bits per heavy atom. The van der Waals surface area contributed by atoms with Gasteiger partial charge in [-0.05, 0) is 64.5 Å². The number of imidazole rings is 1. The van der Waals surface area contributed by atoms with Gasteiger partial charge in [0.1, 0.15) is 11.5 Å². The molecule has 3 aromatic carbocycles. The van der Waals surface area contributed by atoms with Gasteiger partial charge in [-0.2, -0.15) is 5.10 Å². The van der Waals surface area contributed by atoms with E-state index in [1.54, 1.807) is 49.9 Å². The SMILES string of the molecule is COc1ccc(-c2cn(/N=C/c3ccc(Cl)cc3Cl)c(N=Cc3cc(Br)cc(Br)c3O)n2)cc1. The predicted octanol–water partition coefficient (Wildman–Crippen LogP) is 7.73. The molecule has 0 aliphatic heterocycles. The third kappa shape index (κ3) is 5.70. The number of phenolic OH excluding ortho intramolecular Hbond substituents is 1. The van der Waals surface area contributed by atoms with Gasteiger partial charge in [0.15, 0.2) is 0 Å². The molecule has 6 nitrogen and oxygen atoms in total. The summed E-state index contributed by atoms with van der Waals surface area (Å²) in [6.45, 7) is 0. The highest BCUT2D eigenvalue weighted by Gasteiger charge is 2.11. The number of aliphatic imine (C=N–C) groups is 1. The Kier molecular flexibility index (Phi) is 7.73. The first-order valence-corrected chi connectivity index (χ1v) is 12.1. The highest BCUT2D eigenvalue weighted by Crippen LogP contribution is 2.31. The normalized spacial score (nSPS) is 11.6. The molecule has 0 radical (unpaired) electrons. The van der Waals surface area contributed by atoms with E-state index in [1.165, 1.54) is 10.9 Å². The molecule has 0 amide bonds. The number of aromatic nitrogens is 2. The summed E-state index contributed by atoms with van der Waals surface area (Å²) in [5, 5.41) is 15.9. The molecule has 0 saturated heterocycles. The van der Waals surface area contributed by atoms with Crippen molar-refractivity contribution in [2.24, 2.45) is 10.1 Å². The fourth-order valence-electron chi connectivity index (χ4n) is 2.98. The number of hydrogen-bond donors (Lipinski definition) is 1. The second-order valence-corrected chi connectivity index (χ2v) is 9.61. The molecule has 172 valence electrons. The van der Waals surface area contributed by atoms with Crippen molar-refractivity contribution in [2.45, 2.75) is 0 Å². The zero-order valence-electron chi connectivity index (χ0n) is 17.6. The summed E-state index contributed by atoms with van der Waals surface area (Å²) in [6.07, 6.45) is 4.88. The van der Waals surface area contributed by atoms with Gasteiger partial charge in [-0.25, -0.2) is 14.7 Å². The number of methoxy groups -OCH3 is 1. The average Bonchev–Trinajstić information content (AvgIpc) is 3.23. The summed E-state index contributed by atoms with van der Waals surface area (Å²) in [7, 11) is 1.61. The lowest BCUT2D eigenvalue weighted by molar-refractivity contribution is 0.415. The molecule has 4 rings (SSSR count). The number of rotatable bonds is 6. The molecule has 0 unspecified atom stereocenters. The van der Waals surface area contributed by atoms with Gasteiger partial charge in [0.05, 0.1) is 34.7 Å². The minimum absolute atomic E-state index is 0.0666. The molecule has 0 spiro atoms. The van der Waals surface area contributed by atoms with Crippen molar-refractivity contribution in [1.29, 1.82) is 0 Å². The number of aromatic hydroxyl groups is 1. The molecule has 1 aromatic heterocycles. The average molecular weight is 623 g/mol. The highest BCUT2D eigenvalue weighted by atomic mass is 79.9. The quantitative estimate of drug-likeness (QED) is 0.224. The minimum Gasteiger partial charge on any atom is -0.506 e. The van der Waals surface area contributed by atoms with Crippen molar-refractivity contribution < 1.29 is 9.84 Å². The van der Waals surface area contributed by atoms with Crippen LogP contribution in [0.1, 0.15) is 11.1 Å². The van der Waals surface area contributed by atoms with Crippen LogP contribution >= 0.6 is 55.1 Å². The van der Waals surface area contributed by atoms with Gasteiger partial charge in [0.25, 0.3) is 5.95 Å². The maximum atomic E-state index is 10.4. The van der Waals surface area contributed by atoms with E-state index in [0.29, 0.717) is 37.3 Å². The number of benzene rings is 3. The van der Waals surface area contributed by atoms with Crippen LogP contribution < -0.4 is 4.74 Å². The van der Waals surface area contributed by atoms with Gasteiger partial charge >= 0.3 is 0 Å². The molecule has 4 aromatic rings. The van der Waals surface area contributed by atoms with Gasteiger partial charge < -0.3 is 9.84 Å². The molecule has 0 saturated carbocycles. The molecule has 10 heteroatoms. The van der Waals surface area contributed by atoms with Gasteiger partial charge in [0, 0.05) is 32.4 Å². The van der Waals surface area contributed by atoms with Crippen LogP contribution in [0.3, 0.4) is 0 Å². The van der Waals surface area contributed by atoms with Crippen molar-refractivity contribution in [1.82, 2.24) is 9.66 Å². The summed E-state index contributed by atoms with van der Waals surface area (Å²) in [5.74, 6) is 1.12. The van der Waals surface area contributed by atoms with E-state index in [9.17, 15) is 5.11 Å². The molecule has 0 fully saturated rings. The molecule has 0 aliphatic rings. The summed E-state index contributed by atoms with van der Waals surface area (Å²) in [4.78, 5) is 9.11. The van der Waals surface area contributed by atoms with Crippen molar-refractivity contribution in [3.63, 3.8) is 0 Å². The maximum Gasteiger partial charge on any atom is 0.251 e. The van der Waals surface area contributed by atoms with Gasteiger partial charge in [-0.3, -0.25) is 0 Å². The van der Waals surface area contributed by atoms with Crippen molar-refractivity contribution >= 4 is 73.4 Å². The second kappa shape index (κ2) is 10.7. The first kappa shape index (κ1) is 24.5. The fourth-order valence-corrected chi connectivity index (χ4v) is 4.69. The summed E-state index contributed by atoms with van der Waals surface area (Å²) < 4.78 is 8.10. The van der Waals surface area contributed by atoms with E-state index in [0.717, 1.165) is 15.8 Å². The third-order valence-electron chi connectivity index (χ3n) is 4.72. The maximum absolute atomic E-state index is 10.4. The number of halogens is 4. The van der Waals surface area contributed by atoms with E-state index < -0.39 is 0 Å². The van der Waals surface area contributed by atoms with Crippen LogP contribution in [0.15, 0.2) is 79.8 Å². The van der Waals surface area contributed by atoms with Crippen LogP contribution in [0.5, 0.6) is 11.5 Å². The van der Waals surface area contributed by atoms with E-state index in [2.05, 4.69) is 46.9 Å². The topological polar surface area (TPSA) is 72.0 Å². The number of nitrogens with zero attached hydrogens (tertiary/aromatic N) is 4. The molecule has 0 atom stereocenters. The minimum atomic E-state index is 0.0666. The second-order valence-electron chi connectivity index (χ2n) is 6.99. The van der Waals surface area contributed by atoms with E-state index in [-0.39, 0.29) is 5.75 Å². The summed E-state index contributed by atoms with van der Waals surface area (Å²) >= 11 is 19.0. The van der Waals surface area contributed by atoms with Crippen LogP contribution in [-0.4, -0.2) is 34.3 Å². The van der Waals surface area contributed by atoms with Crippen molar-refractivity contribution in [2.75, 3.05) is 7.11 Å². The monoisotopic (exact) mass is 620 g/mol. The number of ether oxygens (including phenoxy) is 1. The zero-order chi connectivity index (χ0) is 24.2. The lowest BCUT2D eigenvalue weighted by Gasteiger charge is -2.03. The standard InChI is InChI=1S/C24H16Br2Cl2N4O2/c1-34-19-6-3-14(4-7-19)22-13-32(30-12-15-2-5-18(27)10-21(15)28)24(31-22)29-11-16-8-17(25)9-20(26)23(16)33/h2-13,33H,1H3/b29-11?,30-12+. The molecular formula is C24H16Br2Cl2N4O2. The van der Waals surface area contributed by atoms with Gasteiger partial charge in [-0.15, -0.1) is 0 Å². The molecular weight excluding hydrogens is 607 g/mol. The molecule has 1 N–H and O–H groups in total. The van der Waals surface area contributed by atoms with Crippen molar-refractivity contribution in [3.05, 3.63) is 90.9 Å². The Morgan fingerprint density at radius 3 is 2.47 bits per heavy atom. The smallest absolute Gasteiger partial charge is 0.251 e. The van der Waals surface area contributed by atoms with Gasteiger partial charge in [0.2, 0.25) is 0 Å². The Bertz CT molecular complexity index is 1400. The van der Waals surface area contributed by atoms with Crippen LogP contribution in [0.4, 0.5) is 5.95 Å². The third-order valence-corrected chi connectivity index (χ3v) is 6.34. The van der Waals surface area contributed by atoms with E-state index in [4.69, 9.17) is 27.9 Å². The largest absolute Gasteiger partial charge is 0.506 e. The zero-order valence-corrected chi connectivity index (χ0v) is 22.3. The molecule has 1 heterocycles. The Balaban J connectivity index is 1.75. The lowest BCUT2D eigenvalue weighted by atomic mass is 10.2. The number of hydrogen-bond acceptors (Lipinski definition) is 5. The summed E-state index contributed by atoms with van der Waals surface area (Å²) in [5.41, 5.74) is 2.72. The predicted molar refractivity (Wildman–Crippen MR) is 144 cm³/mol. The van der Waals surface area contributed by atoms with Crippen LogP contribution in [-0.2, 0) is 0 Å². The Morgan fingerprint density at radius 1 is 1.00 bits per heavy atom. The summed E-state index contributed by atoms with van der Waals surface area (Å²) in [6, 6.07) is 16.2. The fraction of sp³-hybridized carbons (Fsp3) is 0.0417.